The van der Waals surface area contributed by atoms with Crippen molar-refractivity contribution in [2.45, 2.75) is 0 Å². The third kappa shape index (κ3) is 2.08. The summed E-state index contributed by atoms with van der Waals surface area (Å²) >= 11 is 5.93. The molecule has 19 heavy (non-hydrogen) atoms. The largest absolute Gasteiger partial charge is 0.497 e. The summed E-state index contributed by atoms with van der Waals surface area (Å²) < 4.78 is 7.44. The highest BCUT2D eigenvalue weighted by atomic mass is 35.5. The van der Waals surface area contributed by atoms with Crippen LogP contribution in [0.15, 0.2) is 48.5 Å². The van der Waals surface area contributed by atoms with Crippen LogP contribution in [0.2, 0.25) is 5.02 Å². The molecule has 0 aliphatic heterocycles. The molecule has 1 aromatic heterocycles. The van der Waals surface area contributed by atoms with Crippen molar-refractivity contribution in [3.63, 3.8) is 0 Å². The standard InChI is InChI=1S/C16H14ClNO/c1-18-15-8-7-14(19-2)9-12(15)10-16(18)11-3-5-13(17)6-4-11/h3-10H,1-2H3. The van der Waals surface area contributed by atoms with E-state index in [1.54, 1.807) is 7.11 Å². The molecule has 0 amide bonds. The van der Waals surface area contributed by atoms with Crippen LogP contribution in [0, 0.1) is 0 Å². The molecule has 3 heteroatoms. The zero-order chi connectivity index (χ0) is 13.4. The molecule has 0 saturated carbocycles. The lowest BCUT2D eigenvalue weighted by Gasteiger charge is -2.04. The van der Waals surface area contributed by atoms with Crippen LogP contribution in [0.25, 0.3) is 22.2 Å². The molecular formula is C16H14ClNO. The van der Waals surface area contributed by atoms with E-state index in [9.17, 15) is 0 Å². The number of rotatable bonds is 2. The summed E-state index contributed by atoms with van der Waals surface area (Å²) in [4.78, 5) is 0. The van der Waals surface area contributed by atoms with Crippen molar-refractivity contribution in [1.82, 2.24) is 4.57 Å². The van der Waals surface area contributed by atoms with Crippen molar-refractivity contribution < 1.29 is 4.74 Å². The van der Waals surface area contributed by atoms with Gasteiger partial charge < -0.3 is 9.30 Å². The van der Waals surface area contributed by atoms with Crippen molar-refractivity contribution in [1.29, 1.82) is 0 Å². The normalized spacial score (nSPS) is 10.9. The molecule has 0 radical (unpaired) electrons. The minimum atomic E-state index is 0.754. The number of aryl methyl sites for hydroxylation is 1. The van der Waals surface area contributed by atoms with Crippen molar-refractivity contribution in [2.75, 3.05) is 7.11 Å². The first-order valence-corrected chi connectivity index (χ1v) is 6.46. The van der Waals surface area contributed by atoms with Crippen LogP contribution in [0.3, 0.4) is 0 Å². The first-order chi connectivity index (χ1) is 9.19. The molecule has 96 valence electrons. The Bertz CT molecular complexity index is 728. The fourth-order valence-electron chi connectivity index (χ4n) is 2.35. The highest BCUT2D eigenvalue weighted by Gasteiger charge is 2.08. The molecule has 0 bridgehead atoms. The van der Waals surface area contributed by atoms with Crippen LogP contribution in [-0.4, -0.2) is 11.7 Å². The van der Waals surface area contributed by atoms with Gasteiger partial charge in [-0.25, -0.2) is 0 Å². The summed E-state index contributed by atoms with van der Waals surface area (Å²) in [5.74, 6) is 0.876. The second-order valence-corrected chi connectivity index (χ2v) is 4.96. The molecular weight excluding hydrogens is 258 g/mol. The van der Waals surface area contributed by atoms with E-state index in [0.29, 0.717) is 0 Å². The zero-order valence-corrected chi connectivity index (χ0v) is 11.6. The van der Waals surface area contributed by atoms with Crippen LogP contribution in [0.1, 0.15) is 0 Å². The number of methoxy groups -OCH3 is 1. The molecule has 0 saturated heterocycles. The smallest absolute Gasteiger partial charge is 0.119 e. The Kier molecular flexibility index (Phi) is 2.96. The Morgan fingerprint density at radius 1 is 1.00 bits per heavy atom. The summed E-state index contributed by atoms with van der Waals surface area (Å²) in [5, 5.41) is 1.93. The van der Waals surface area contributed by atoms with Gasteiger partial charge in [-0.2, -0.15) is 0 Å². The van der Waals surface area contributed by atoms with Gasteiger partial charge in [0, 0.05) is 28.7 Å². The number of benzene rings is 2. The number of halogens is 1. The highest BCUT2D eigenvalue weighted by Crippen LogP contribution is 2.30. The van der Waals surface area contributed by atoms with E-state index in [4.69, 9.17) is 16.3 Å². The SMILES string of the molecule is COc1ccc2c(c1)cc(-c1ccc(Cl)cc1)n2C. The second-order valence-electron chi connectivity index (χ2n) is 4.52. The lowest BCUT2D eigenvalue weighted by molar-refractivity contribution is 0.415. The summed E-state index contributed by atoms with van der Waals surface area (Å²) in [6.45, 7) is 0. The van der Waals surface area contributed by atoms with E-state index in [-0.39, 0.29) is 0 Å². The molecule has 0 unspecified atom stereocenters. The van der Waals surface area contributed by atoms with Gasteiger partial charge in [-0.15, -0.1) is 0 Å². The molecule has 0 aliphatic rings. The fraction of sp³-hybridized carbons (Fsp3) is 0.125. The van der Waals surface area contributed by atoms with Gasteiger partial charge >= 0.3 is 0 Å². The number of hydrogen-bond donors (Lipinski definition) is 0. The van der Waals surface area contributed by atoms with Gasteiger partial charge in [-0.3, -0.25) is 0 Å². The first-order valence-electron chi connectivity index (χ1n) is 6.08. The van der Waals surface area contributed by atoms with E-state index in [0.717, 1.165) is 16.3 Å². The van der Waals surface area contributed by atoms with E-state index >= 15 is 0 Å². The molecule has 3 aromatic rings. The van der Waals surface area contributed by atoms with E-state index in [2.05, 4.69) is 29.8 Å². The van der Waals surface area contributed by atoms with Crippen molar-refractivity contribution in [3.8, 4) is 17.0 Å². The maximum atomic E-state index is 5.93. The molecule has 2 nitrogen and oxygen atoms in total. The van der Waals surface area contributed by atoms with Gasteiger partial charge in [0.25, 0.3) is 0 Å². The number of fused-ring (bicyclic) bond motifs is 1. The Labute approximate surface area is 117 Å². The Hall–Kier alpha value is -1.93. The minimum Gasteiger partial charge on any atom is -0.497 e. The van der Waals surface area contributed by atoms with Crippen LogP contribution < -0.4 is 4.74 Å². The van der Waals surface area contributed by atoms with Gasteiger partial charge in [-0.1, -0.05) is 23.7 Å². The monoisotopic (exact) mass is 271 g/mol. The number of hydrogen-bond acceptors (Lipinski definition) is 1. The predicted molar refractivity (Wildman–Crippen MR) is 79.9 cm³/mol. The summed E-state index contributed by atoms with van der Waals surface area (Å²) in [6, 6.07) is 16.2. The van der Waals surface area contributed by atoms with Crippen molar-refractivity contribution >= 4 is 22.5 Å². The molecule has 3 rings (SSSR count). The molecule has 1 heterocycles. The maximum absolute atomic E-state index is 5.93. The van der Waals surface area contributed by atoms with Crippen LogP contribution in [0.4, 0.5) is 0 Å². The predicted octanol–water partition coefficient (Wildman–Crippen LogP) is 4.51. The van der Waals surface area contributed by atoms with Crippen molar-refractivity contribution in [3.05, 3.63) is 53.6 Å². The molecule has 0 spiro atoms. The number of ether oxygens (including phenoxy) is 1. The Morgan fingerprint density at radius 3 is 2.42 bits per heavy atom. The summed E-state index contributed by atoms with van der Waals surface area (Å²) in [5.41, 5.74) is 3.51. The Morgan fingerprint density at radius 2 is 1.74 bits per heavy atom. The van der Waals surface area contributed by atoms with E-state index < -0.39 is 0 Å². The number of aromatic nitrogens is 1. The quantitative estimate of drug-likeness (QED) is 0.669. The topological polar surface area (TPSA) is 14.2 Å². The minimum absolute atomic E-state index is 0.754. The van der Waals surface area contributed by atoms with Gasteiger partial charge in [0.15, 0.2) is 0 Å². The van der Waals surface area contributed by atoms with Gasteiger partial charge in [0.2, 0.25) is 0 Å². The van der Waals surface area contributed by atoms with Gasteiger partial charge in [0.1, 0.15) is 5.75 Å². The van der Waals surface area contributed by atoms with Crippen molar-refractivity contribution in [2.24, 2.45) is 7.05 Å². The average molecular weight is 272 g/mol. The molecule has 0 fully saturated rings. The third-order valence-corrected chi connectivity index (χ3v) is 3.64. The van der Waals surface area contributed by atoms with E-state index in [1.807, 2.05) is 30.3 Å². The fourth-order valence-corrected chi connectivity index (χ4v) is 2.48. The lowest BCUT2D eigenvalue weighted by atomic mass is 10.1. The maximum Gasteiger partial charge on any atom is 0.119 e. The highest BCUT2D eigenvalue weighted by molar-refractivity contribution is 6.30. The molecule has 2 aromatic carbocycles. The summed E-state index contributed by atoms with van der Waals surface area (Å²) in [7, 11) is 3.75. The zero-order valence-electron chi connectivity index (χ0n) is 10.9. The average Bonchev–Trinajstić information content (AvgIpc) is 2.76. The second kappa shape index (κ2) is 4.63. The van der Waals surface area contributed by atoms with Crippen LogP contribution in [-0.2, 0) is 7.05 Å². The third-order valence-electron chi connectivity index (χ3n) is 3.39. The Balaban J connectivity index is 2.19. The van der Waals surface area contributed by atoms with Crippen LogP contribution in [0.5, 0.6) is 5.75 Å². The lowest BCUT2D eigenvalue weighted by Crippen LogP contribution is -1.91. The summed E-state index contributed by atoms with van der Waals surface area (Å²) in [6.07, 6.45) is 0. The number of nitrogens with zero attached hydrogens (tertiary/aromatic N) is 1. The van der Waals surface area contributed by atoms with Crippen LogP contribution >= 0.6 is 11.6 Å². The molecule has 0 aliphatic carbocycles. The molecule has 0 N–H and O–H groups in total. The van der Waals surface area contributed by atoms with E-state index in [1.165, 1.54) is 16.6 Å². The van der Waals surface area contributed by atoms with Gasteiger partial charge in [0.05, 0.1) is 7.11 Å². The molecule has 0 atom stereocenters. The first kappa shape index (κ1) is 12.1. The van der Waals surface area contributed by atoms with Gasteiger partial charge in [-0.05, 0) is 42.0 Å².